The van der Waals surface area contributed by atoms with Crippen LogP contribution in [0.4, 0.5) is 17.1 Å². The standard InChI is InChI=1S/C40H49N/c1-6-8-10-12-16-31-18-14-20-33(27-31)41(34-21-15-19-32(28-34)17-13-11-9-7-2)35-23-25-37-36-24-22-30(3)26-38(36)40(4,5)39(37)29-35/h14-15,18-29H,6-13,16-17H2,1-5H3. The summed E-state index contributed by atoms with van der Waals surface area (Å²) in [4.78, 5) is 2.50. The summed E-state index contributed by atoms with van der Waals surface area (Å²) in [5.74, 6) is 0. The summed E-state index contributed by atoms with van der Waals surface area (Å²) >= 11 is 0. The van der Waals surface area contributed by atoms with E-state index in [0.29, 0.717) is 0 Å². The molecule has 0 aliphatic heterocycles. The molecule has 0 saturated heterocycles. The van der Waals surface area contributed by atoms with E-state index in [9.17, 15) is 0 Å². The van der Waals surface area contributed by atoms with Gasteiger partial charge in [-0.2, -0.15) is 0 Å². The van der Waals surface area contributed by atoms with Crippen molar-refractivity contribution in [2.45, 2.75) is 104 Å². The van der Waals surface area contributed by atoms with E-state index in [0.717, 1.165) is 12.8 Å². The van der Waals surface area contributed by atoms with Gasteiger partial charge in [0.2, 0.25) is 0 Å². The highest BCUT2D eigenvalue weighted by molar-refractivity contribution is 5.85. The normalized spacial score (nSPS) is 13.2. The van der Waals surface area contributed by atoms with Crippen LogP contribution in [0.15, 0.2) is 84.9 Å². The lowest BCUT2D eigenvalue weighted by Crippen LogP contribution is -2.17. The lowest BCUT2D eigenvalue weighted by molar-refractivity contribution is 0.660. The second kappa shape index (κ2) is 13.1. The first kappa shape index (κ1) is 29.2. The first-order valence-electron chi connectivity index (χ1n) is 16.2. The SMILES string of the molecule is CCCCCCc1cccc(N(c2cccc(CCCCCC)c2)c2ccc3c(c2)C(C)(C)c2cc(C)ccc2-3)c1. The van der Waals surface area contributed by atoms with Gasteiger partial charge in [0.15, 0.2) is 0 Å². The van der Waals surface area contributed by atoms with Gasteiger partial charge in [0.25, 0.3) is 0 Å². The van der Waals surface area contributed by atoms with Gasteiger partial charge >= 0.3 is 0 Å². The number of unbranched alkanes of at least 4 members (excludes halogenated alkanes) is 6. The van der Waals surface area contributed by atoms with Crippen molar-refractivity contribution in [1.29, 1.82) is 0 Å². The van der Waals surface area contributed by atoms with Crippen LogP contribution in [0.1, 0.15) is 107 Å². The highest BCUT2D eigenvalue weighted by atomic mass is 15.1. The average Bonchev–Trinajstić information content (AvgIpc) is 3.19. The van der Waals surface area contributed by atoms with E-state index in [-0.39, 0.29) is 5.41 Å². The fraction of sp³-hybridized carbons (Fsp3) is 0.400. The van der Waals surface area contributed by atoms with E-state index in [1.54, 1.807) is 0 Å². The predicted octanol–water partition coefficient (Wildman–Crippen LogP) is 12.0. The molecule has 5 rings (SSSR count). The maximum Gasteiger partial charge on any atom is 0.0465 e. The van der Waals surface area contributed by atoms with Crippen LogP contribution < -0.4 is 4.90 Å². The molecule has 41 heavy (non-hydrogen) atoms. The molecule has 0 radical (unpaired) electrons. The summed E-state index contributed by atoms with van der Waals surface area (Å²) in [7, 11) is 0. The second-order valence-electron chi connectivity index (χ2n) is 12.7. The molecule has 0 N–H and O–H groups in total. The number of nitrogens with zero attached hydrogens (tertiary/aromatic N) is 1. The largest absolute Gasteiger partial charge is 0.310 e. The maximum atomic E-state index is 2.50. The second-order valence-corrected chi connectivity index (χ2v) is 12.7. The van der Waals surface area contributed by atoms with E-state index in [1.165, 1.54) is 107 Å². The summed E-state index contributed by atoms with van der Waals surface area (Å²) in [5, 5.41) is 0. The monoisotopic (exact) mass is 543 g/mol. The van der Waals surface area contributed by atoms with E-state index in [1.807, 2.05) is 0 Å². The number of hydrogen-bond donors (Lipinski definition) is 0. The van der Waals surface area contributed by atoms with Gasteiger partial charge in [-0.05, 0) is 102 Å². The van der Waals surface area contributed by atoms with Crippen molar-refractivity contribution in [1.82, 2.24) is 0 Å². The van der Waals surface area contributed by atoms with Gasteiger partial charge in [0, 0.05) is 22.5 Å². The molecule has 0 heterocycles. The minimum Gasteiger partial charge on any atom is -0.310 e. The summed E-state index contributed by atoms with van der Waals surface area (Å²) in [6, 6.07) is 32.7. The van der Waals surface area contributed by atoms with Gasteiger partial charge in [-0.3, -0.25) is 0 Å². The van der Waals surface area contributed by atoms with E-state index in [2.05, 4.69) is 124 Å². The fourth-order valence-corrected chi connectivity index (χ4v) is 6.64. The number of hydrogen-bond acceptors (Lipinski definition) is 1. The average molecular weight is 544 g/mol. The summed E-state index contributed by atoms with van der Waals surface area (Å²) in [6.07, 6.45) is 12.6. The Labute approximate surface area is 249 Å². The Morgan fingerprint density at radius 2 is 1.05 bits per heavy atom. The topological polar surface area (TPSA) is 3.24 Å². The Bertz CT molecular complexity index is 1400. The molecule has 0 amide bonds. The van der Waals surface area contributed by atoms with Gasteiger partial charge in [-0.1, -0.05) is 120 Å². The van der Waals surface area contributed by atoms with Crippen LogP contribution in [0.5, 0.6) is 0 Å². The maximum absolute atomic E-state index is 2.50. The van der Waals surface area contributed by atoms with Crippen LogP contribution in [0.2, 0.25) is 0 Å². The highest BCUT2D eigenvalue weighted by Gasteiger charge is 2.36. The Morgan fingerprint density at radius 1 is 0.537 bits per heavy atom. The molecule has 1 heteroatoms. The molecule has 4 aromatic carbocycles. The number of rotatable bonds is 13. The van der Waals surface area contributed by atoms with Crippen molar-refractivity contribution >= 4 is 17.1 Å². The third-order valence-corrected chi connectivity index (χ3v) is 9.05. The lowest BCUT2D eigenvalue weighted by Gasteiger charge is -2.29. The number of fused-ring (bicyclic) bond motifs is 3. The van der Waals surface area contributed by atoms with E-state index >= 15 is 0 Å². The van der Waals surface area contributed by atoms with Crippen molar-refractivity contribution in [3.63, 3.8) is 0 Å². The zero-order valence-corrected chi connectivity index (χ0v) is 26.1. The van der Waals surface area contributed by atoms with E-state index < -0.39 is 0 Å². The molecule has 0 spiro atoms. The summed E-state index contributed by atoms with van der Waals surface area (Å²) < 4.78 is 0. The molecule has 0 bridgehead atoms. The molecule has 0 atom stereocenters. The first-order valence-corrected chi connectivity index (χ1v) is 16.2. The molecule has 1 aliphatic rings. The quantitative estimate of drug-likeness (QED) is 0.152. The summed E-state index contributed by atoms with van der Waals surface area (Å²) in [6.45, 7) is 11.6. The number of aryl methyl sites for hydroxylation is 3. The molecular weight excluding hydrogens is 494 g/mol. The van der Waals surface area contributed by atoms with Crippen molar-refractivity contribution in [2.75, 3.05) is 4.90 Å². The van der Waals surface area contributed by atoms with Crippen LogP contribution in [-0.4, -0.2) is 0 Å². The fourth-order valence-electron chi connectivity index (χ4n) is 6.64. The molecule has 0 saturated carbocycles. The highest BCUT2D eigenvalue weighted by Crippen LogP contribution is 2.51. The molecule has 4 aromatic rings. The Morgan fingerprint density at radius 3 is 1.61 bits per heavy atom. The van der Waals surface area contributed by atoms with Gasteiger partial charge < -0.3 is 4.90 Å². The van der Waals surface area contributed by atoms with Crippen LogP contribution in [0.3, 0.4) is 0 Å². The van der Waals surface area contributed by atoms with Crippen LogP contribution in [-0.2, 0) is 18.3 Å². The number of anilines is 3. The zero-order valence-electron chi connectivity index (χ0n) is 26.1. The van der Waals surface area contributed by atoms with Gasteiger partial charge in [-0.25, -0.2) is 0 Å². The minimum absolute atomic E-state index is 0.0272. The smallest absolute Gasteiger partial charge is 0.0465 e. The van der Waals surface area contributed by atoms with E-state index in [4.69, 9.17) is 0 Å². The Hall–Kier alpha value is -3.32. The van der Waals surface area contributed by atoms with Gasteiger partial charge in [-0.15, -0.1) is 0 Å². The van der Waals surface area contributed by atoms with Crippen molar-refractivity contribution in [3.8, 4) is 11.1 Å². The van der Waals surface area contributed by atoms with Crippen molar-refractivity contribution in [2.24, 2.45) is 0 Å². The van der Waals surface area contributed by atoms with Gasteiger partial charge in [0.1, 0.15) is 0 Å². The van der Waals surface area contributed by atoms with Crippen molar-refractivity contribution < 1.29 is 0 Å². The predicted molar refractivity (Wildman–Crippen MR) is 179 cm³/mol. The van der Waals surface area contributed by atoms with Crippen LogP contribution in [0.25, 0.3) is 11.1 Å². The Balaban J connectivity index is 1.55. The summed E-state index contributed by atoms with van der Waals surface area (Å²) in [5.41, 5.74) is 13.6. The van der Waals surface area contributed by atoms with Crippen LogP contribution in [0, 0.1) is 6.92 Å². The third-order valence-electron chi connectivity index (χ3n) is 9.05. The molecule has 0 unspecified atom stereocenters. The molecule has 0 aromatic heterocycles. The first-order chi connectivity index (χ1) is 19.9. The minimum atomic E-state index is -0.0272. The molecule has 0 fully saturated rings. The molecular formula is C40H49N. The van der Waals surface area contributed by atoms with Crippen molar-refractivity contribution in [3.05, 3.63) is 113 Å². The zero-order chi connectivity index (χ0) is 28.8. The molecule has 1 aliphatic carbocycles. The number of benzene rings is 4. The Kier molecular flexibility index (Phi) is 9.33. The third kappa shape index (κ3) is 6.45. The molecule has 1 nitrogen and oxygen atoms in total. The molecule has 214 valence electrons. The van der Waals surface area contributed by atoms with Gasteiger partial charge in [0.05, 0.1) is 0 Å². The van der Waals surface area contributed by atoms with Crippen LogP contribution >= 0.6 is 0 Å². The lowest BCUT2D eigenvalue weighted by atomic mass is 9.82.